The Morgan fingerprint density at radius 3 is 2.45 bits per heavy atom. The highest BCUT2D eigenvalue weighted by molar-refractivity contribution is 7.89. The van der Waals surface area contributed by atoms with Crippen LogP contribution in [-0.4, -0.2) is 55.1 Å². The van der Waals surface area contributed by atoms with Crippen molar-refractivity contribution < 1.29 is 18.0 Å². The van der Waals surface area contributed by atoms with Crippen molar-refractivity contribution in [2.45, 2.75) is 49.5 Å². The van der Waals surface area contributed by atoms with Gasteiger partial charge in [0, 0.05) is 25.3 Å². The molecular weight excluding hydrogens is 434 g/mol. The molecule has 0 saturated carbocycles. The van der Waals surface area contributed by atoms with Crippen molar-refractivity contribution in [1.82, 2.24) is 9.21 Å². The molecule has 1 N–H and O–H groups in total. The van der Waals surface area contributed by atoms with Crippen LogP contribution in [0.3, 0.4) is 0 Å². The average molecular weight is 462 g/mol. The molecule has 2 fully saturated rings. The Kier molecular flexibility index (Phi) is 6.74. The van der Waals surface area contributed by atoms with Crippen LogP contribution in [0.5, 0.6) is 0 Å². The maximum atomic E-state index is 13.1. The first-order valence-electron chi connectivity index (χ1n) is 10.7. The number of thiophene rings is 1. The van der Waals surface area contributed by atoms with Crippen LogP contribution in [0, 0.1) is 0 Å². The molecular formula is C22H27N3O4S2. The first kappa shape index (κ1) is 22.0. The number of nitrogens with one attached hydrogen (secondary N) is 1. The lowest BCUT2D eigenvalue weighted by Gasteiger charge is -2.24. The number of rotatable bonds is 5. The first-order chi connectivity index (χ1) is 15.0. The van der Waals surface area contributed by atoms with Crippen molar-refractivity contribution in [2.24, 2.45) is 0 Å². The minimum absolute atomic E-state index is 0.134. The normalized spacial score (nSPS) is 20.4. The summed E-state index contributed by atoms with van der Waals surface area (Å²) >= 11 is 1.36. The molecule has 0 unspecified atom stereocenters. The molecule has 3 heterocycles. The maximum Gasteiger partial charge on any atom is 0.264 e. The summed E-state index contributed by atoms with van der Waals surface area (Å²) < 4.78 is 27.7. The van der Waals surface area contributed by atoms with Crippen LogP contribution in [0.4, 0.5) is 5.69 Å². The molecule has 166 valence electrons. The molecule has 2 amide bonds. The van der Waals surface area contributed by atoms with Crippen LogP contribution < -0.4 is 5.32 Å². The van der Waals surface area contributed by atoms with Crippen molar-refractivity contribution in [1.29, 1.82) is 0 Å². The summed E-state index contributed by atoms with van der Waals surface area (Å²) in [6, 6.07) is 9.43. The Hall–Kier alpha value is -2.23. The van der Waals surface area contributed by atoms with Gasteiger partial charge in [0.15, 0.2) is 0 Å². The molecule has 1 aromatic carbocycles. The molecule has 1 aromatic heterocycles. The molecule has 1 atom stereocenters. The number of nitrogens with zero attached hydrogens (tertiary/aromatic N) is 2. The van der Waals surface area contributed by atoms with E-state index in [1.54, 1.807) is 33.5 Å². The second-order valence-electron chi connectivity index (χ2n) is 7.97. The summed E-state index contributed by atoms with van der Waals surface area (Å²) in [6.07, 6.45) is 5.18. The molecule has 0 spiro atoms. The molecule has 0 radical (unpaired) electrons. The summed E-state index contributed by atoms with van der Waals surface area (Å²) in [5, 5.41) is 4.67. The van der Waals surface area contributed by atoms with Gasteiger partial charge in [0.1, 0.15) is 6.04 Å². The van der Waals surface area contributed by atoms with Crippen molar-refractivity contribution in [2.75, 3.05) is 25.0 Å². The average Bonchev–Trinajstić information content (AvgIpc) is 3.40. The Labute approximate surface area is 187 Å². The van der Waals surface area contributed by atoms with Gasteiger partial charge in [-0.05, 0) is 55.3 Å². The summed E-state index contributed by atoms with van der Waals surface area (Å²) in [6.45, 7) is 1.60. The number of likely N-dealkylation sites (tertiary alicyclic amines) is 1. The molecule has 2 aliphatic rings. The third kappa shape index (κ3) is 4.83. The lowest BCUT2D eigenvalue weighted by molar-refractivity contribution is -0.119. The Morgan fingerprint density at radius 1 is 0.968 bits per heavy atom. The maximum absolute atomic E-state index is 13.1. The van der Waals surface area contributed by atoms with Crippen LogP contribution >= 0.6 is 11.3 Å². The number of amides is 2. The van der Waals surface area contributed by atoms with Gasteiger partial charge in [-0.15, -0.1) is 11.3 Å². The molecule has 2 aromatic rings. The van der Waals surface area contributed by atoms with Crippen molar-refractivity contribution in [3.63, 3.8) is 0 Å². The smallest absolute Gasteiger partial charge is 0.264 e. The fourth-order valence-electron chi connectivity index (χ4n) is 4.22. The number of hydrogen-bond acceptors (Lipinski definition) is 5. The zero-order valence-corrected chi connectivity index (χ0v) is 19.0. The second kappa shape index (κ2) is 9.50. The number of hydrogen-bond donors (Lipinski definition) is 1. The number of anilines is 1. The number of benzene rings is 1. The van der Waals surface area contributed by atoms with Crippen molar-refractivity contribution in [3.8, 4) is 0 Å². The predicted molar refractivity (Wildman–Crippen MR) is 121 cm³/mol. The van der Waals surface area contributed by atoms with Gasteiger partial charge in [-0.25, -0.2) is 8.42 Å². The van der Waals surface area contributed by atoms with E-state index >= 15 is 0 Å². The van der Waals surface area contributed by atoms with Gasteiger partial charge in [-0.3, -0.25) is 9.59 Å². The zero-order chi connectivity index (χ0) is 21.8. The SMILES string of the molecule is O=C(Nc1cccc(S(=O)(=O)N2CCCCCC2)c1)[C@@H]1CCCN1C(=O)c1cccs1. The monoisotopic (exact) mass is 461 g/mol. The van der Waals surface area contributed by atoms with Gasteiger partial charge in [-0.1, -0.05) is 25.0 Å². The highest BCUT2D eigenvalue weighted by Gasteiger charge is 2.35. The highest BCUT2D eigenvalue weighted by Crippen LogP contribution is 2.25. The van der Waals surface area contributed by atoms with Crippen LogP contribution in [-0.2, 0) is 14.8 Å². The van der Waals surface area contributed by atoms with E-state index in [4.69, 9.17) is 0 Å². The van der Waals surface area contributed by atoms with Gasteiger partial charge in [0.2, 0.25) is 15.9 Å². The number of carbonyl (C=O) groups is 2. The van der Waals surface area contributed by atoms with E-state index in [0.29, 0.717) is 36.6 Å². The minimum atomic E-state index is -3.60. The van der Waals surface area contributed by atoms with Gasteiger partial charge in [0.05, 0.1) is 9.77 Å². The molecule has 0 bridgehead atoms. The quantitative estimate of drug-likeness (QED) is 0.738. The molecule has 7 nitrogen and oxygen atoms in total. The Balaban J connectivity index is 1.48. The number of sulfonamides is 1. The lowest BCUT2D eigenvalue weighted by Crippen LogP contribution is -2.43. The van der Waals surface area contributed by atoms with E-state index < -0.39 is 16.1 Å². The Morgan fingerprint density at radius 2 is 1.74 bits per heavy atom. The summed E-state index contributed by atoms with van der Waals surface area (Å²) in [4.78, 5) is 28.1. The topological polar surface area (TPSA) is 86.8 Å². The third-order valence-corrected chi connectivity index (χ3v) is 8.61. The molecule has 9 heteroatoms. The van der Waals surface area contributed by atoms with E-state index in [9.17, 15) is 18.0 Å². The lowest BCUT2D eigenvalue weighted by atomic mass is 10.2. The molecule has 31 heavy (non-hydrogen) atoms. The molecule has 4 rings (SSSR count). The molecule has 2 aliphatic heterocycles. The van der Waals surface area contributed by atoms with E-state index in [1.807, 2.05) is 11.4 Å². The van der Waals surface area contributed by atoms with Gasteiger partial charge in [-0.2, -0.15) is 4.31 Å². The van der Waals surface area contributed by atoms with Crippen LogP contribution in [0.25, 0.3) is 0 Å². The van der Waals surface area contributed by atoms with Gasteiger partial charge >= 0.3 is 0 Å². The minimum Gasteiger partial charge on any atom is -0.326 e. The summed E-state index contributed by atoms with van der Waals surface area (Å²) in [5.74, 6) is -0.420. The summed E-state index contributed by atoms with van der Waals surface area (Å²) in [5.41, 5.74) is 0.427. The van der Waals surface area contributed by atoms with Crippen LogP contribution in [0.15, 0.2) is 46.7 Å². The predicted octanol–water partition coefficient (Wildman–Crippen LogP) is 3.56. The van der Waals surface area contributed by atoms with Crippen LogP contribution in [0.1, 0.15) is 48.2 Å². The van der Waals surface area contributed by atoms with Crippen molar-refractivity contribution >= 4 is 38.9 Å². The fourth-order valence-corrected chi connectivity index (χ4v) is 6.46. The standard InChI is InChI=1S/C22H27N3O4S2/c26-21(19-10-6-14-25(19)22(27)20-11-7-15-30-20)23-17-8-5-9-18(16-17)31(28,29)24-12-3-1-2-4-13-24/h5,7-9,11,15-16,19H,1-4,6,10,12-14H2,(H,23,26)/t19-/m0/s1. The first-order valence-corrected chi connectivity index (χ1v) is 13.0. The zero-order valence-electron chi connectivity index (χ0n) is 17.3. The second-order valence-corrected chi connectivity index (χ2v) is 10.9. The van der Waals surface area contributed by atoms with E-state index in [0.717, 1.165) is 32.1 Å². The van der Waals surface area contributed by atoms with Gasteiger partial charge < -0.3 is 10.2 Å². The van der Waals surface area contributed by atoms with E-state index in [2.05, 4.69) is 5.32 Å². The fraction of sp³-hybridized carbons (Fsp3) is 0.455. The van der Waals surface area contributed by atoms with Crippen LogP contribution in [0.2, 0.25) is 0 Å². The largest absolute Gasteiger partial charge is 0.326 e. The third-order valence-electron chi connectivity index (χ3n) is 5.85. The molecule has 0 aliphatic carbocycles. The van der Waals surface area contributed by atoms with E-state index in [-0.39, 0.29) is 16.7 Å². The highest BCUT2D eigenvalue weighted by atomic mass is 32.2. The van der Waals surface area contributed by atoms with E-state index in [1.165, 1.54) is 17.4 Å². The summed E-state index contributed by atoms with van der Waals surface area (Å²) in [7, 11) is -3.60. The molecule has 2 saturated heterocycles. The van der Waals surface area contributed by atoms with Crippen molar-refractivity contribution in [3.05, 3.63) is 46.7 Å². The van der Waals surface area contributed by atoms with Gasteiger partial charge in [0.25, 0.3) is 5.91 Å². The Bertz CT molecular complexity index is 1030. The number of carbonyl (C=O) groups excluding carboxylic acids is 2.